The standard InChI is InChI=1S/C17H14ClN/c1-2-16-11-14-10-15(18)8-9-17(14)19(16)12-13-6-4-3-5-7-13/h2-11H,1,12H2. The molecule has 0 unspecified atom stereocenters. The molecule has 2 aromatic carbocycles. The van der Waals surface area contributed by atoms with Crippen molar-refractivity contribution in [1.29, 1.82) is 0 Å². The summed E-state index contributed by atoms with van der Waals surface area (Å²) in [7, 11) is 0. The van der Waals surface area contributed by atoms with Crippen LogP contribution in [-0.4, -0.2) is 4.57 Å². The molecule has 0 amide bonds. The van der Waals surface area contributed by atoms with Crippen molar-refractivity contribution in [1.82, 2.24) is 4.57 Å². The predicted molar refractivity (Wildman–Crippen MR) is 82.6 cm³/mol. The van der Waals surface area contributed by atoms with Crippen molar-refractivity contribution in [3.8, 4) is 0 Å². The average Bonchev–Trinajstić information content (AvgIpc) is 2.77. The topological polar surface area (TPSA) is 4.93 Å². The predicted octanol–water partition coefficient (Wildman–Crippen LogP) is 4.99. The highest BCUT2D eigenvalue weighted by atomic mass is 35.5. The summed E-state index contributed by atoms with van der Waals surface area (Å²) in [5.74, 6) is 0. The van der Waals surface area contributed by atoms with E-state index < -0.39 is 0 Å². The van der Waals surface area contributed by atoms with E-state index >= 15 is 0 Å². The van der Waals surface area contributed by atoms with Crippen LogP contribution >= 0.6 is 11.6 Å². The number of fused-ring (bicyclic) bond motifs is 1. The minimum absolute atomic E-state index is 0.764. The van der Waals surface area contributed by atoms with Crippen LogP contribution in [0.3, 0.4) is 0 Å². The van der Waals surface area contributed by atoms with E-state index in [1.165, 1.54) is 11.1 Å². The summed E-state index contributed by atoms with van der Waals surface area (Å²) in [5.41, 5.74) is 3.57. The Morgan fingerprint density at radius 3 is 2.58 bits per heavy atom. The maximum atomic E-state index is 6.05. The lowest BCUT2D eigenvalue weighted by Gasteiger charge is -2.08. The first-order valence-corrected chi connectivity index (χ1v) is 6.61. The number of aromatic nitrogens is 1. The molecule has 1 heterocycles. The fraction of sp³-hybridized carbons (Fsp3) is 0.0588. The van der Waals surface area contributed by atoms with E-state index in [4.69, 9.17) is 11.6 Å². The van der Waals surface area contributed by atoms with Crippen molar-refractivity contribution in [3.63, 3.8) is 0 Å². The second kappa shape index (κ2) is 4.94. The Balaban J connectivity index is 2.13. The van der Waals surface area contributed by atoms with Crippen LogP contribution in [-0.2, 0) is 6.54 Å². The quantitative estimate of drug-likeness (QED) is 0.630. The largest absolute Gasteiger partial charge is 0.337 e. The monoisotopic (exact) mass is 267 g/mol. The molecule has 0 N–H and O–H groups in total. The highest BCUT2D eigenvalue weighted by Gasteiger charge is 2.07. The zero-order valence-corrected chi connectivity index (χ0v) is 11.3. The third-order valence-corrected chi connectivity index (χ3v) is 3.52. The number of nitrogens with zero attached hydrogens (tertiary/aromatic N) is 1. The van der Waals surface area contributed by atoms with Crippen LogP contribution < -0.4 is 0 Å². The van der Waals surface area contributed by atoms with Gasteiger partial charge in [0.2, 0.25) is 0 Å². The minimum atomic E-state index is 0.764. The Morgan fingerprint density at radius 1 is 1.05 bits per heavy atom. The van der Waals surface area contributed by atoms with E-state index in [0.29, 0.717) is 0 Å². The van der Waals surface area contributed by atoms with E-state index in [1.54, 1.807) is 0 Å². The lowest BCUT2D eigenvalue weighted by molar-refractivity contribution is 0.828. The molecule has 0 saturated heterocycles. The van der Waals surface area contributed by atoms with Gasteiger partial charge in [-0.1, -0.05) is 48.5 Å². The molecule has 0 saturated carbocycles. The van der Waals surface area contributed by atoms with Gasteiger partial charge in [0.15, 0.2) is 0 Å². The van der Waals surface area contributed by atoms with Crippen molar-refractivity contribution >= 4 is 28.6 Å². The lowest BCUT2D eigenvalue weighted by atomic mass is 10.2. The van der Waals surface area contributed by atoms with Crippen molar-refractivity contribution in [2.45, 2.75) is 6.54 Å². The third kappa shape index (κ3) is 2.29. The molecule has 1 nitrogen and oxygen atoms in total. The van der Waals surface area contributed by atoms with Gasteiger partial charge in [-0.3, -0.25) is 0 Å². The third-order valence-electron chi connectivity index (χ3n) is 3.29. The number of hydrogen-bond acceptors (Lipinski definition) is 0. The number of hydrogen-bond donors (Lipinski definition) is 0. The Bertz CT molecular complexity index is 726. The summed E-state index contributed by atoms with van der Waals surface area (Å²) in [4.78, 5) is 0. The molecule has 19 heavy (non-hydrogen) atoms. The molecule has 0 spiro atoms. The van der Waals surface area contributed by atoms with Gasteiger partial charge < -0.3 is 4.57 Å². The minimum Gasteiger partial charge on any atom is -0.337 e. The Labute approximate surface area is 117 Å². The van der Waals surface area contributed by atoms with Crippen molar-refractivity contribution in [2.24, 2.45) is 0 Å². The van der Waals surface area contributed by atoms with Crippen molar-refractivity contribution < 1.29 is 0 Å². The average molecular weight is 268 g/mol. The first-order chi connectivity index (χ1) is 9.28. The summed E-state index contributed by atoms with van der Waals surface area (Å²) in [6.07, 6.45) is 1.89. The normalized spacial score (nSPS) is 10.8. The first-order valence-electron chi connectivity index (χ1n) is 6.23. The SMILES string of the molecule is C=Cc1cc2cc(Cl)ccc2n1Cc1ccccc1. The van der Waals surface area contributed by atoms with Crippen LogP contribution in [0.15, 0.2) is 61.2 Å². The number of rotatable bonds is 3. The molecule has 1 aromatic heterocycles. The van der Waals surface area contributed by atoms with Gasteiger partial charge in [0.25, 0.3) is 0 Å². The molecule has 94 valence electrons. The van der Waals surface area contributed by atoms with Gasteiger partial charge in [-0.2, -0.15) is 0 Å². The molecule has 0 aliphatic rings. The van der Waals surface area contributed by atoms with Gasteiger partial charge in [0.1, 0.15) is 0 Å². The van der Waals surface area contributed by atoms with E-state index in [2.05, 4.69) is 47.5 Å². The second-order valence-corrected chi connectivity index (χ2v) is 4.98. The van der Waals surface area contributed by atoms with Gasteiger partial charge in [0.05, 0.1) is 0 Å². The van der Waals surface area contributed by atoms with Gasteiger partial charge >= 0.3 is 0 Å². The summed E-state index contributed by atoms with van der Waals surface area (Å²) in [6.45, 7) is 4.74. The highest BCUT2D eigenvalue weighted by molar-refractivity contribution is 6.31. The van der Waals surface area contributed by atoms with Crippen LogP contribution in [0.4, 0.5) is 0 Å². The maximum absolute atomic E-state index is 6.05. The molecule has 0 aliphatic carbocycles. The molecule has 0 fully saturated rings. The lowest BCUT2D eigenvalue weighted by Crippen LogP contribution is -2.01. The van der Waals surface area contributed by atoms with Crippen LogP contribution in [0, 0.1) is 0 Å². The van der Waals surface area contributed by atoms with Crippen LogP contribution in [0.25, 0.3) is 17.0 Å². The molecule has 0 atom stereocenters. The van der Waals surface area contributed by atoms with Crippen LogP contribution in [0.5, 0.6) is 0 Å². The van der Waals surface area contributed by atoms with Gasteiger partial charge in [-0.15, -0.1) is 0 Å². The van der Waals surface area contributed by atoms with E-state index in [1.807, 2.05) is 24.3 Å². The molecular weight excluding hydrogens is 254 g/mol. The molecule has 0 radical (unpaired) electrons. The summed E-state index contributed by atoms with van der Waals surface area (Å²) >= 11 is 6.05. The molecule has 0 bridgehead atoms. The first kappa shape index (κ1) is 12.1. The van der Waals surface area contributed by atoms with Gasteiger partial charge in [-0.25, -0.2) is 0 Å². The fourth-order valence-electron chi connectivity index (χ4n) is 2.37. The fourth-order valence-corrected chi connectivity index (χ4v) is 2.56. The Kier molecular flexibility index (Phi) is 3.14. The van der Waals surface area contributed by atoms with Gasteiger partial charge in [-0.05, 0) is 35.9 Å². The van der Waals surface area contributed by atoms with Crippen molar-refractivity contribution in [3.05, 3.63) is 77.5 Å². The Hall–Kier alpha value is -1.99. The molecular formula is C17H14ClN. The number of halogens is 1. The number of benzene rings is 2. The maximum Gasteiger partial charge on any atom is 0.0489 e. The summed E-state index contributed by atoms with van der Waals surface area (Å²) in [5, 5.41) is 1.92. The summed E-state index contributed by atoms with van der Waals surface area (Å²) in [6, 6.07) is 18.5. The van der Waals surface area contributed by atoms with Crippen molar-refractivity contribution in [2.75, 3.05) is 0 Å². The van der Waals surface area contributed by atoms with E-state index in [9.17, 15) is 0 Å². The van der Waals surface area contributed by atoms with E-state index in [0.717, 1.165) is 22.6 Å². The molecule has 2 heteroatoms. The molecule has 3 aromatic rings. The van der Waals surface area contributed by atoms with Gasteiger partial charge in [0, 0.05) is 28.2 Å². The molecule has 0 aliphatic heterocycles. The summed E-state index contributed by atoms with van der Waals surface area (Å²) < 4.78 is 2.26. The van der Waals surface area contributed by atoms with E-state index in [-0.39, 0.29) is 0 Å². The van der Waals surface area contributed by atoms with Crippen LogP contribution in [0.2, 0.25) is 5.02 Å². The highest BCUT2D eigenvalue weighted by Crippen LogP contribution is 2.25. The Morgan fingerprint density at radius 2 is 1.84 bits per heavy atom. The van der Waals surface area contributed by atoms with Crippen LogP contribution in [0.1, 0.15) is 11.3 Å². The smallest absolute Gasteiger partial charge is 0.0489 e. The zero-order valence-electron chi connectivity index (χ0n) is 10.5. The second-order valence-electron chi connectivity index (χ2n) is 4.55. The molecule has 3 rings (SSSR count). The zero-order chi connectivity index (χ0) is 13.2.